The number of hydrogen-bond acceptors (Lipinski definition) is 7. The topological polar surface area (TPSA) is 93.4 Å². The quantitative estimate of drug-likeness (QED) is 0.882. The molecule has 2 aliphatic rings. The molecule has 1 atom stereocenters. The predicted octanol–water partition coefficient (Wildman–Crippen LogP) is 1.02. The van der Waals surface area contributed by atoms with Gasteiger partial charge in [-0.05, 0) is 18.8 Å². The number of nitrogens with zero attached hydrogens (tertiary/aromatic N) is 4. The van der Waals surface area contributed by atoms with Gasteiger partial charge >= 0.3 is 0 Å². The Morgan fingerprint density at radius 3 is 2.84 bits per heavy atom. The number of halogens is 1. The van der Waals surface area contributed by atoms with Crippen LogP contribution in [0.5, 0.6) is 0 Å². The summed E-state index contributed by atoms with van der Waals surface area (Å²) in [5, 5.41) is 6.36. The summed E-state index contributed by atoms with van der Waals surface area (Å²) < 4.78 is 23.8. The molecule has 2 fully saturated rings. The molecule has 0 radical (unpaired) electrons. The molecule has 0 unspecified atom stereocenters. The molecule has 2 aliphatic heterocycles. The Morgan fingerprint density at radius 1 is 1.40 bits per heavy atom. The lowest BCUT2D eigenvalue weighted by molar-refractivity contribution is -0.115. The first-order chi connectivity index (χ1) is 12.1. The molecular formula is C16H18FN5O3. The van der Waals surface area contributed by atoms with Crippen LogP contribution in [0.25, 0.3) is 0 Å². The third-order valence-corrected chi connectivity index (χ3v) is 4.69. The third kappa shape index (κ3) is 3.32. The highest BCUT2D eigenvalue weighted by atomic mass is 19.1. The van der Waals surface area contributed by atoms with Crippen LogP contribution in [0.15, 0.2) is 29.2 Å². The Balaban J connectivity index is 1.23. The minimum atomic E-state index is -0.442. The van der Waals surface area contributed by atoms with Gasteiger partial charge in [-0.25, -0.2) is 14.4 Å². The summed E-state index contributed by atoms with van der Waals surface area (Å²) in [5.74, 6) is 0.303. The molecule has 25 heavy (non-hydrogen) atoms. The molecule has 1 N–H and O–H groups in total. The minimum Gasteiger partial charge on any atom is -0.371 e. The van der Waals surface area contributed by atoms with E-state index in [2.05, 4.69) is 20.4 Å². The fourth-order valence-electron chi connectivity index (χ4n) is 3.24. The highest BCUT2D eigenvalue weighted by Crippen LogP contribution is 2.37. The molecule has 0 aromatic carbocycles. The van der Waals surface area contributed by atoms with E-state index in [1.807, 2.05) is 4.90 Å². The molecule has 0 bridgehead atoms. The number of rotatable bonds is 4. The number of carbonyl (C=O) groups excluding carboxylic acids is 1. The number of nitrogens with one attached hydrogen (secondary N) is 1. The average Bonchev–Trinajstić information content (AvgIpc) is 3.14. The molecule has 2 saturated heterocycles. The van der Waals surface area contributed by atoms with Crippen molar-refractivity contribution in [2.24, 2.45) is 5.92 Å². The maximum atomic E-state index is 12.9. The highest BCUT2D eigenvalue weighted by molar-refractivity contribution is 5.91. The predicted molar refractivity (Wildman–Crippen MR) is 84.4 cm³/mol. The van der Waals surface area contributed by atoms with Crippen LogP contribution in [-0.2, 0) is 4.74 Å². The monoisotopic (exact) mass is 347 g/mol. The Bertz CT molecular complexity index is 721. The molecule has 0 aliphatic carbocycles. The average molecular weight is 347 g/mol. The third-order valence-electron chi connectivity index (χ3n) is 4.69. The van der Waals surface area contributed by atoms with Gasteiger partial charge in [-0.3, -0.25) is 4.79 Å². The normalized spacial score (nSPS) is 21.8. The molecule has 8 nitrogen and oxygen atoms in total. The summed E-state index contributed by atoms with van der Waals surface area (Å²) in [6.07, 6.45) is 5.66. The van der Waals surface area contributed by atoms with Crippen LogP contribution in [0.2, 0.25) is 0 Å². The van der Waals surface area contributed by atoms with Crippen LogP contribution < -0.4 is 10.2 Å². The molecule has 2 aromatic rings. The van der Waals surface area contributed by atoms with Crippen molar-refractivity contribution in [1.29, 1.82) is 0 Å². The fraction of sp³-hybridized carbons (Fsp3) is 0.500. The second kappa shape index (κ2) is 6.40. The zero-order valence-corrected chi connectivity index (χ0v) is 13.5. The second-order valence-electron chi connectivity index (χ2n) is 6.54. The first kappa shape index (κ1) is 15.9. The number of carbonyl (C=O) groups is 1. The van der Waals surface area contributed by atoms with E-state index in [9.17, 15) is 9.18 Å². The van der Waals surface area contributed by atoms with Crippen molar-refractivity contribution in [2.75, 3.05) is 31.1 Å². The number of ether oxygens (including phenoxy) is 1. The van der Waals surface area contributed by atoms with Gasteiger partial charge in [0.2, 0.25) is 11.7 Å². The molecule has 4 rings (SSSR count). The zero-order valence-electron chi connectivity index (χ0n) is 13.5. The maximum Gasteiger partial charge on any atom is 0.289 e. The van der Waals surface area contributed by atoms with E-state index in [0.717, 1.165) is 12.8 Å². The van der Waals surface area contributed by atoms with Gasteiger partial charge in [-0.1, -0.05) is 5.16 Å². The van der Waals surface area contributed by atoms with E-state index in [4.69, 9.17) is 9.26 Å². The smallest absolute Gasteiger partial charge is 0.289 e. The van der Waals surface area contributed by atoms with E-state index in [-0.39, 0.29) is 23.2 Å². The lowest BCUT2D eigenvalue weighted by atomic mass is 9.83. The van der Waals surface area contributed by atoms with Crippen LogP contribution in [0.4, 0.5) is 10.3 Å². The van der Waals surface area contributed by atoms with Crippen LogP contribution in [0.3, 0.4) is 0 Å². The Kier molecular flexibility index (Phi) is 4.08. The standard InChI is InChI=1S/C16H18FN5O3/c17-12-6-19-15(20-7-12)22-9-16(10-22)3-1-11(8-24-16)5-18-14(23)13-2-4-21-25-13/h2,4,6-7,11H,1,3,5,8-10H2,(H,18,23)/t11-/m1/s1. The van der Waals surface area contributed by atoms with Crippen molar-refractivity contribution < 1.29 is 18.4 Å². The minimum absolute atomic E-state index is 0.177. The van der Waals surface area contributed by atoms with Crippen molar-refractivity contribution >= 4 is 11.9 Å². The number of hydrogen-bond donors (Lipinski definition) is 1. The molecule has 132 valence electrons. The summed E-state index contributed by atoms with van der Waals surface area (Å²) >= 11 is 0. The molecule has 1 spiro atoms. The lowest BCUT2D eigenvalue weighted by Crippen LogP contribution is -2.65. The van der Waals surface area contributed by atoms with Gasteiger partial charge < -0.3 is 19.5 Å². The molecule has 4 heterocycles. The number of anilines is 1. The van der Waals surface area contributed by atoms with Crippen molar-refractivity contribution in [2.45, 2.75) is 18.4 Å². The SMILES string of the molecule is O=C(NC[C@H]1CCC2(CN(c3ncc(F)cn3)C2)OC1)c1ccno1. The van der Waals surface area contributed by atoms with E-state index in [1.165, 1.54) is 24.7 Å². The van der Waals surface area contributed by atoms with Crippen molar-refractivity contribution in [3.63, 3.8) is 0 Å². The second-order valence-corrected chi connectivity index (χ2v) is 6.54. The maximum absolute atomic E-state index is 12.9. The van der Waals surface area contributed by atoms with Crippen LogP contribution in [-0.4, -0.2) is 52.9 Å². The van der Waals surface area contributed by atoms with Crippen LogP contribution in [0, 0.1) is 11.7 Å². The molecule has 2 aromatic heterocycles. The van der Waals surface area contributed by atoms with Gasteiger partial charge in [-0.2, -0.15) is 0 Å². The van der Waals surface area contributed by atoms with Crippen molar-refractivity contribution in [3.05, 3.63) is 36.2 Å². The zero-order chi connectivity index (χ0) is 17.3. The summed E-state index contributed by atoms with van der Waals surface area (Å²) in [5.41, 5.74) is -0.177. The summed E-state index contributed by atoms with van der Waals surface area (Å²) in [6, 6.07) is 1.53. The highest BCUT2D eigenvalue weighted by Gasteiger charge is 2.47. The Labute approximate surface area is 143 Å². The van der Waals surface area contributed by atoms with Gasteiger partial charge in [0.05, 0.1) is 38.3 Å². The largest absolute Gasteiger partial charge is 0.371 e. The van der Waals surface area contributed by atoms with Gasteiger partial charge in [0.1, 0.15) is 5.60 Å². The molecule has 9 heteroatoms. The summed E-state index contributed by atoms with van der Waals surface area (Å²) in [7, 11) is 0. The van der Waals surface area contributed by atoms with Gasteiger partial charge in [-0.15, -0.1) is 0 Å². The van der Waals surface area contributed by atoms with E-state index in [1.54, 1.807) is 0 Å². The lowest BCUT2D eigenvalue weighted by Gasteiger charge is -2.52. The Morgan fingerprint density at radius 2 is 2.20 bits per heavy atom. The molecule has 0 saturated carbocycles. The van der Waals surface area contributed by atoms with E-state index >= 15 is 0 Å². The number of amides is 1. The van der Waals surface area contributed by atoms with E-state index in [0.29, 0.717) is 32.2 Å². The molecular weight excluding hydrogens is 329 g/mol. The van der Waals surface area contributed by atoms with Crippen molar-refractivity contribution in [3.8, 4) is 0 Å². The first-order valence-electron chi connectivity index (χ1n) is 8.19. The summed E-state index contributed by atoms with van der Waals surface area (Å²) in [6.45, 7) is 2.54. The number of aromatic nitrogens is 3. The molecule has 1 amide bonds. The van der Waals surface area contributed by atoms with Gasteiger partial charge in [0, 0.05) is 12.6 Å². The fourth-order valence-corrected chi connectivity index (χ4v) is 3.24. The van der Waals surface area contributed by atoms with Crippen LogP contribution >= 0.6 is 0 Å². The summed E-state index contributed by atoms with van der Waals surface area (Å²) in [4.78, 5) is 21.8. The van der Waals surface area contributed by atoms with E-state index < -0.39 is 5.82 Å². The van der Waals surface area contributed by atoms with Gasteiger partial charge in [0.15, 0.2) is 5.82 Å². The first-order valence-corrected chi connectivity index (χ1v) is 8.19. The van der Waals surface area contributed by atoms with Crippen molar-refractivity contribution in [1.82, 2.24) is 20.4 Å². The Hall–Kier alpha value is -2.55. The van der Waals surface area contributed by atoms with Crippen LogP contribution in [0.1, 0.15) is 23.4 Å². The van der Waals surface area contributed by atoms with Gasteiger partial charge in [0.25, 0.3) is 5.91 Å².